The Morgan fingerprint density at radius 1 is 1.57 bits per heavy atom. The highest BCUT2D eigenvalue weighted by Crippen LogP contribution is 1.92. The fourth-order valence-electron chi connectivity index (χ4n) is 1.13. The lowest BCUT2D eigenvalue weighted by Crippen LogP contribution is -2.22. The van der Waals surface area contributed by atoms with Gasteiger partial charge in [-0.3, -0.25) is 0 Å². The fraction of sp³-hybridized carbons (Fsp3) is 0.700. The summed E-state index contributed by atoms with van der Waals surface area (Å²) >= 11 is 0. The quantitative estimate of drug-likeness (QED) is 0.690. The fourth-order valence-corrected chi connectivity index (χ4v) is 1.13. The van der Waals surface area contributed by atoms with Gasteiger partial charge in [0.25, 0.3) is 0 Å². The molecule has 0 aromatic carbocycles. The van der Waals surface area contributed by atoms with Crippen molar-refractivity contribution in [2.75, 3.05) is 13.2 Å². The molecule has 0 aliphatic carbocycles. The molecule has 0 aliphatic rings. The first kappa shape index (κ1) is 11.2. The van der Waals surface area contributed by atoms with E-state index in [2.05, 4.69) is 10.3 Å². The zero-order chi connectivity index (χ0) is 10.4. The molecule has 0 spiro atoms. The van der Waals surface area contributed by atoms with E-state index >= 15 is 0 Å². The van der Waals surface area contributed by atoms with Crippen LogP contribution in [0.15, 0.2) is 12.4 Å². The van der Waals surface area contributed by atoms with Crippen LogP contribution in [0.4, 0.5) is 0 Å². The van der Waals surface area contributed by atoms with Gasteiger partial charge in [-0.05, 0) is 13.8 Å². The van der Waals surface area contributed by atoms with Crippen molar-refractivity contribution in [3.63, 3.8) is 0 Å². The minimum Gasteiger partial charge on any atom is -0.377 e. The normalized spacial score (nSPS) is 11.1. The molecular formula is C10H19N3O. The monoisotopic (exact) mass is 197 g/mol. The van der Waals surface area contributed by atoms with Crippen LogP contribution in [0, 0.1) is 0 Å². The van der Waals surface area contributed by atoms with Gasteiger partial charge in [-0.2, -0.15) is 0 Å². The molecule has 0 radical (unpaired) electrons. The Morgan fingerprint density at radius 3 is 2.93 bits per heavy atom. The van der Waals surface area contributed by atoms with E-state index < -0.39 is 0 Å². The second kappa shape index (κ2) is 5.78. The van der Waals surface area contributed by atoms with E-state index in [1.165, 1.54) is 0 Å². The molecule has 1 aromatic rings. The van der Waals surface area contributed by atoms with Crippen molar-refractivity contribution in [2.24, 2.45) is 7.05 Å². The van der Waals surface area contributed by atoms with Gasteiger partial charge in [0.1, 0.15) is 5.82 Å². The summed E-state index contributed by atoms with van der Waals surface area (Å²) in [5.74, 6) is 1.05. The molecule has 80 valence electrons. The number of ether oxygens (including phenoxy) is 1. The maximum atomic E-state index is 5.40. The molecule has 0 saturated heterocycles. The zero-order valence-corrected chi connectivity index (χ0v) is 9.16. The van der Waals surface area contributed by atoms with Crippen LogP contribution in [0.2, 0.25) is 0 Å². The Morgan fingerprint density at radius 2 is 2.36 bits per heavy atom. The summed E-state index contributed by atoms with van der Waals surface area (Å²) in [5, 5.41) is 3.28. The van der Waals surface area contributed by atoms with Gasteiger partial charge in [-0.1, -0.05) is 0 Å². The Labute approximate surface area is 85.3 Å². The van der Waals surface area contributed by atoms with Gasteiger partial charge in [-0.15, -0.1) is 0 Å². The molecule has 0 aliphatic heterocycles. The lowest BCUT2D eigenvalue weighted by molar-refractivity contribution is 0.0806. The molecule has 1 N–H and O–H groups in total. The van der Waals surface area contributed by atoms with Crippen molar-refractivity contribution in [1.29, 1.82) is 0 Å². The standard InChI is InChI=1S/C10H19N3O/c1-9(2)14-7-5-11-8-10-12-4-6-13(10)3/h4,6,9,11H,5,7-8H2,1-3H3. The average Bonchev–Trinajstić information content (AvgIpc) is 2.51. The molecule has 4 nitrogen and oxygen atoms in total. The maximum Gasteiger partial charge on any atom is 0.122 e. The van der Waals surface area contributed by atoms with Crippen LogP contribution in [0.3, 0.4) is 0 Å². The van der Waals surface area contributed by atoms with Crippen LogP contribution in [-0.2, 0) is 18.3 Å². The second-order valence-electron chi connectivity index (χ2n) is 3.55. The van der Waals surface area contributed by atoms with Gasteiger partial charge in [0.05, 0.1) is 19.3 Å². The molecule has 0 fully saturated rings. The van der Waals surface area contributed by atoms with Crippen molar-refractivity contribution in [3.05, 3.63) is 18.2 Å². The molecular weight excluding hydrogens is 178 g/mol. The molecule has 4 heteroatoms. The van der Waals surface area contributed by atoms with Crippen LogP contribution in [0.25, 0.3) is 0 Å². The molecule has 1 rings (SSSR count). The highest BCUT2D eigenvalue weighted by molar-refractivity contribution is 4.90. The Bertz CT molecular complexity index is 258. The van der Waals surface area contributed by atoms with Gasteiger partial charge in [0.2, 0.25) is 0 Å². The van der Waals surface area contributed by atoms with Crippen molar-refractivity contribution in [2.45, 2.75) is 26.5 Å². The van der Waals surface area contributed by atoms with Crippen molar-refractivity contribution < 1.29 is 4.74 Å². The Hall–Kier alpha value is -0.870. The van der Waals surface area contributed by atoms with Gasteiger partial charge in [-0.25, -0.2) is 4.98 Å². The summed E-state index contributed by atoms with van der Waals surface area (Å²) in [5.41, 5.74) is 0. The number of hydrogen-bond donors (Lipinski definition) is 1. The first-order valence-electron chi connectivity index (χ1n) is 4.98. The van der Waals surface area contributed by atoms with Gasteiger partial charge < -0.3 is 14.6 Å². The summed E-state index contributed by atoms with van der Waals surface area (Å²) < 4.78 is 7.41. The molecule has 0 saturated carbocycles. The maximum absolute atomic E-state index is 5.40. The van der Waals surface area contributed by atoms with Crippen molar-refractivity contribution >= 4 is 0 Å². The van der Waals surface area contributed by atoms with Crippen LogP contribution < -0.4 is 5.32 Å². The van der Waals surface area contributed by atoms with Gasteiger partial charge in [0, 0.05) is 26.0 Å². The first-order valence-corrected chi connectivity index (χ1v) is 4.98. The molecule has 1 heterocycles. The van der Waals surface area contributed by atoms with Crippen molar-refractivity contribution in [3.8, 4) is 0 Å². The third-order valence-corrected chi connectivity index (χ3v) is 1.93. The number of nitrogens with zero attached hydrogens (tertiary/aromatic N) is 2. The zero-order valence-electron chi connectivity index (χ0n) is 9.16. The lowest BCUT2D eigenvalue weighted by Gasteiger charge is -2.08. The summed E-state index contributed by atoms with van der Waals surface area (Å²) in [6.45, 7) is 6.50. The summed E-state index contributed by atoms with van der Waals surface area (Å²) in [7, 11) is 1.99. The average molecular weight is 197 g/mol. The third kappa shape index (κ3) is 3.89. The predicted molar refractivity (Wildman–Crippen MR) is 56.0 cm³/mol. The first-order chi connectivity index (χ1) is 6.70. The molecule has 0 amide bonds. The van der Waals surface area contributed by atoms with Crippen LogP contribution in [0.1, 0.15) is 19.7 Å². The topological polar surface area (TPSA) is 39.1 Å². The smallest absolute Gasteiger partial charge is 0.122 e. The lowest BCUT2D eigenvalue weighted by atomic mass is 10.5. The molecule has 1 aromatic heterocycles. The molecule has 0 atom stereocenters. The van der Waals surface area contributed by atoms with E-state index in [-0.39, 0.29) is 0 Å². The van der Waals surface area contributed by atoms with E-state index in [9.17, 15) is 0 Å². The number of imidazole rings is 1. The number of hydrogen-bond acceptors (Lipinski definition) is 3. The van der Waals surface area contributed by atoms with E-state index in [1.54, 1.807) is 0 Å². The third-order valence-electron chi connectivity index (χ3n) is 1.93. The summed E-state index contributed by atoms with van der Waals surface area (Å²) in [6, 6.07) is 0. The Kier molecular flexibility index (Phi) is 4.62. The minimum absolute atomic E-state index is 0.310. The highest BCUT2D eigenvalue weighted by atomic mass is 16.5. The van der Waals surface area contributed by atoms with E-state index in [1.807, 2.05) is 37.9 Å². The molecule has 0 unspecified atom stereocenters. The van der Waals surface area contributed by atoms with Crippen LogP contribution in [0.5, 0.6) is 0 Å². The number of aromatic nitrogens is 2. The van der Waals surface area contributed by atoms with E-state index in [0.717, 1.165) is 25.5 Å². The number of aryl methyl sites for hydroxylation is 1. The predicted octanol–water partition coefficient (Wildman–Crippen LogP) is 0.935. The number of nitrogens with one attached hydrogen (secondary N) is 1. The Balaban J connectivity index is 2.08. The number of rotatable bonds is 6. The van der Waals surface area contributed by atoms with Crippen molar-refractivity contribution in [1.82, 2.24) is 14.9 Å². The van der Waals surface area contributed by atoms with Gasteiger partial charge >= 0.3 is 0 Å². The van der Waals surface area contributed by atoms with Gasteiger partial charge in [0.15, 0.2) is 0 Å². The summed E-state index contributed by atoms with van der Waals surface area (Å²) in [4.78, 5) is 4.21. The van der Waals surface area contributed by atoms with Crippen LogP contribution in [-0.4, -0.2) is 28.8 Å². The second-order valence-corrected chi connectivity index (χ2v) is 3.55. The minimum atomic E-state index is 0.310. The summed E-state index contributed by atoms with van der Waals surface area (Å²) in [6.07, 6.45) is 4.06. The molecule has 0 bridgehead atoms. The van der Waals surface area contributed by atoms with E-state index in [4.69, 9.17) is 4.74 Å². The highest BCUT2D eigenvalue weighted by Gasteiger charge is 1.97. The molecule has 14 heavy (non-hydrogen) atoms. The van der Waals surface area contributed by atoms with E-state index in [0.29, 0.717) is 6.10 Å². The largest absolute Gasteiger partial charge is 0.377 e. The SMILES string of the molecule is CC(C)OCCNCc1nccn1C. The van der Waals surface area contributed by atoms with Crippen LogP contribution >= 0.6 is 0 Å².